The number of carbonyl (C=O) groups is 1. The molecule has 78 valence electrons. The summed E-state index contributed by atoms with van der Waals surface area (Å²) in [6.45, 7) is 5.21. The number of aliphatic hydroxyl groups excluding tert-OH is 1. The lowest BCUT2D eigenvalue weighted by atomic mass is 10.0. The quantitative estimate of drug-likeness (QED) is 0.692. The van der Waals surface area contributed by atoms with E-state index in [0.717, 1.165) is 12.8 Å². The lowest BCUT2D eigenvalue weighted by Gasteiger charge is -2.31. The van der Waals surface area contributed by atoms with Crippen molar-refractivity contribution in [2.45, 2.75) is 38.3 Å². The van der Waals surface area contributed by atoms with Crippen molar-refractivity contribution in [1.29, 1.82) is 0 Å². The Hall–Kier alpha value is -1.09. The van der Waals surface area contributed by atoms with E-state index in [1.807, 2.05) is 6.08 Å². The zero-order valence-electron chi connectivity index (χ0n) is 8.52. The fraction of sp³-hybridized carbons (Fsp3) is 0.545. The molecule has 1 heterocycles. The number of amides is 1. The smallest absolute Gasteiger partial charge is 0.250 e. The van der Waals surface area contributed by atoms with Crippen LogP contribution in [0.5, 0.6) is 0 Å². The number of nitrogens with zero attached hydrogens (tertiary/aromatic N) is 1. The molecule has 0 aromatic heterocycles. The molecule has 3 nitrogen and oxygen atoms in total. The highest BCUT2D eigenvalue weighted by Gasteiger charge is 2.23. The molecule has 1 N–H and O–H groups in total. The second-order valence-corrected chi connectivity index (χ2v) is 3.65. The Kier molecular flexibility index (Phi) is 3.89. The van der Waals surface area contributed by atoms with Crippen LogP contribution in [0.2, 0.25) is 0 Å². The molecular weight excluding hydrogens is 178 g/mol. The summed E-state index contributed by atoms with van der Waals surface area (Å²) in [5.74, 6) is -0.0911. The molecule has 0 saturated carbocycles. The number of aliphatic hydroxyl groups is 1. The molecule has 3 heteroatoms. The first kappa shape index (κ1) is 11.0. The summed E-state index contributed by atoms with van der Waals surface area (Å²) in [6.07, 6.45) is 7.22. The van der Waals surface area contributed by atoms with Crippen molar-refractivity contribution in [3.63, 3.8) is 0 Å². The van der Waals surface area contributed by atoms with E-state index in [0.29, 0.717) is 6.42 Å². The minimum Gasteiger partial charge on any atom is -0.393 e. The number of hydrogen-bond donors (Lipinski definition) is 1. The van der Waals surface area contributed by atoms with Gasteiger partial charge in [0, 0.05) is 12.2 Å². The molecule has 1 aliphatic rings. The first-order valence-corrected chi connectivity index (χ1v) is 4.94. The summed E-state index contributed by atoms with van der Waals surface area (Å²) < 4.78 is 0. The Bertz CT molecular complexity index is 246. The van der Waals surface area contributed by atoms with Crippen LogP contribution in [0.25, 0.3) is 0 Å². The molecule has 14 heavy (non-hydrogen) atoms. The summed E-state index contributed by atoms with van der Waals surface area (Å²) in [5.41, 5.74) is 0. The Morgan fingerprint density at radius 3 is 3.14 bits per heavy atom. The summed E-state index contributed by atoms with van der Waals surface area (Å²) in [5, 5.41) is 9.29. The van der Waals surface area contributed by atoms with E-state index in [1.165, 1.54) is 6.08 Å². The first-order chi connectivity index (χ1) is 6.65. The molecule has 0 aromatic rings. The summed E-state index contributed by atoms with van der Waals surface area (Å²) in [4.78, 5) is 13.1. The summed E-state index contributed by atoms with van der Waals surface area (Å²) in [7, 11) is 0. The van der Waals surface area contributed by atoms with Crippen LogP contribution in [0.1, 0.15) is 26.2 Å². The average molecular weight is 195 g/mol. The summed E-state index contributed by atoms with van der Waals surface area (Å²) >= 11 is 0. The zero-order chi connectivity index (χ0) is 10.6. The molecule has 0 radical (unpaired) electrons. The van der Waals surface area contributed by atoms with Gasteiger partial charge in [-0.15, -0.1) is 0 Å². The monoisotopic (exact) mass is 195 g/mol. The van der Waals surface area contributed by atoms with Crippen molar-refractivity contribution in [1.82, 2.24) is 4.90 Å². The standard InChI is InChI=1S/C11H17NO2/c1-3-11(14)12-7-5-4-6-10(12)8-9(2)13/h3,5,7,9-10,13H,1,4,6,8H2,2H3. The van der Waals surface area contributed by atoms with Crippen LogP contribution >= 0.6 is 0 Å². The fourth-order valence-electron chi connectivity index (χ4n) is 1.72. The third kappa shape index (κ3) is 2.70. The van der Waals surface area contributed by atoms with Gasteiger partial charge in [0.15, 0.2) is 0 Å². The molecule has 1 aliphatic heterocycles. The van der Waals surface area contributed by atoms with Gasteiger partial charge in [0.1, 0.15) is 0 Å². The van der Waals surface area contributed by atoms with E-state index in [-0.39, 0.29) is 18.1 Å². The third-order valence-corrected chi connectivity index (χ3v) is 2.37. The van der Waals surface area contributed by atoms with Crippen LogP contribution in [0.4, 0.5) is 0 Å². The van der Waals surface area contributed by atoms with Crippen LogP contribution in [-0.2, 0) is 4.79 Å². The predicted octanol–water partition coefficient (Wildman–Crippen LogP) is 1.45. The van der Waals surface area contributed by atoms with Crippen LogP contribution < -0.4 is 0 Å². The lowest BCUT2D eigenvalue weighted by molar-refractivity contribution is -0.126. The van der Waals surface area contributed by atoms with Gasteiger partial charge in [0.05, 0.1) is 6.10 Å². The van der Waals surface area contributed by atoms with E-state index < -0.39 is 0 Å². The Labute approximate surface area is 84.7 Å². The first-order valence-electron chi connectivity index (χ1n) is 4.94. The largest absolute Gasteiger partial charge is 0.393 e. The minimum atomic E-state index is -0.369. The SMILES string of the molecule is C=CC(=O)N1C=CCCC1CC(C)O. The fourth-order valence-corrected chi connectivity index (χ4v) is 1.72. The van der Waals surface area contributed by atoms with Crippen LogP contribution in [0, 0.1) is 0 Å². The lowest BCUT2D eigenvalue weighted by Crippen LogP contribution is -2.38. The molecule has 0 aromatic carbocycles. The maximum Gasteiger partial charge on any atom is 0.250 e. The second kappa shape index (κ2) is 4.96. The second-order valence-electron chi connectivity index (χ2n) is 3.65. The molecule has 0 fully saturated rings. The van der Waals surface area contributed by atoms with Crippen LogP contribution in [0.15, 0.2) is 24.9 Å². The van der Waals surface area contributed by atoms with Gasteiger partial charge < -0.3 is 10.0 Å². The number of hydrogen-bond acceptors (Lipinski definition) is 2. The average Bonchev–Trinajstić information content (AvgIpc) is 2.16. The van der Waals surface area contributed by atoms with Crippen molar-refractivity contribution in [3.8, 4) is 0 Å². The van der Waals surface area contributed by atoms with E-state index in [9.17, 15) is 9.90 Å². The molecule has 0 spiro atoms. The number of rotatable bonds is 3. The highest BCUT2D eigenvalue weighted by atomic mass is 16.3. The van der Waals surface area contributed by atoms with Crippen molar-refractivity contribution < 1.29 is 9.90 Å². The van der Waals surface area contributed by atoms with Crippen molar-refractivity contribution in [2.24, 2.45) is 0 Å². The van der Waals surface area contributed by atoms with Gasteiger partial charge in [0.25, 0.3) is 0 Å². The molecule has 1 rings (SSSR count). The van der Waals surface area contributed by atoms with Gasteiger partial charge >= 0.3 is 0 Å². The molecule has 0 bridgehead atoms. The zero-order valence-corrected chi connectivity index (χ0v) is 8.52. The van der Waals surface area contributed by atoms with Gasteiger partial charge in [-0.1, -0.05) is 12.7 Å². The Balaban J connectivity index is 2.67. The molecule has 2 unspecified atom stereocenters. The van der Waals surface area contributed by atoms with E-state index in [1.54, 1.807) is 18.0 Å². The molecule has 2 atom stereocenters. The maximum atomic E-state index is 11.4. The molecule has 1 amide bonds. The summed E-state index contributed by atoms with van der Waals surface area (Å²) in [6, 6.07) is 0.116. The topological polar surface area (TPSA) is 40.5 Å². The Morgan fingerprint density at radius 1 is 1.86 bits per heavy atom. The van der Waals surface area contributed by atoms with Crippen molar-refractivity contribution in [3.05, 3.63) is 24.9 Å². The third-order valence-electron chi connectivity index (χ3n) is 2.37. The predicted molar refractivity (Wildman–Crippen MR) is 55.5 cm³/mol. The van der Waals surface area contributed by atoms with Crippen molar-refractivity contribution >= 4 is 5.91 Å². The highest BCUT2D eigenvalue weighted by Crippen LogP contribution is 2.19. The van der Waals surface area contributed by atoms with E-state index in [2.05, 4.69) is 6.58 Å². The van der Waals surface area contributed by atoms with E-state index >= 15 is 0 Å². The highest BCUT2D eigenvalue weighted by molar-refractivity contribution is 5.88. The molecular formula is C11H17NO2. The van der Waals surface area contributed by atoms with Gasteiger partial charge in [-0.05, 0) is 32.3 Å². The van der Waals surface area contributed by atoms with Gasteiger partial charge in [-0.2, -0.15) is 0 Å². The molecule has 0 aliphatic carbocycles. The van der Waals surface area contributed by atoms with Crippen LogP contribution in [0.3, 0.4) is 0 Å². The normalized spacial score (nSPS) is 23.3. The molecule has 0 saturated heterocycles. The van der Waals surface area contributed by atoms with Crippen molar-refractivity contribution in [2.75, 3.05) is 0 Å². The van der Waals surface area contributed by atoms with Gasteiger partial charge in [-0.25, -0.2) is 0 Å². The number of carbonyl (C=O) groups excluding carboxylic acids is 1. The van der Waals surface area contributed by atoms with Crippen LogP contribution in [-0.4, -0.2) is 28.1 Å². The Morgan fingerprint density at radius 2 is 2.57 bits per heavy atom. The van der Waals surface area contributed by atoms with E-state index in [4.69, 9.17) is 0 Å². The minimum absolute atomic E-state index is 0.0911. The number of allylic oxidation sites excluding steroid dienone is 1. The van der Waals surface area contributed by atoms with Gasteiger partial charge in [-0.3, -0.25) is 4.79 Å². The maximum absolute atomic E-state index is 11.4. The van der Waals surface area contributed by atoms with Gasteiger partial charge in [0.2, 0.25) is 5.91 Å².